The van der Waals surface area contributed by atoms with E-state index in [4.69, 9.17) is 14.2 Å². The van der Waals surface area contributed by atoms with Gasteiger partial charge in [-0.1, -0.05) is 6.07 Å². The van der Waals surface area contributed by atoms with Crippen LogP contribution in [0.25, 0.3) is 0 Å². The molecule has 0 bridgehead atoms. The van der Waals surface area contributed by atoms with Gasteiger partial charge in [0, 0.05) is 58.7 Å². The third kappa shape index (κ3) is 5.18. The number of nitrogens with zero attached hydrogens (tertiary/aromatic N) is 3. The number of hydrogen-bond donors (Lipinski definition) is 0. The summed E-state index contributed by atoms with van der Waals surface area (Å²) in [6.07, 6.45) is 4.88. The van der Waals surface area contributed by atoms with Gasteiger partial charge in [-0.15, -0.1) is 0 Å². The van der Waals surface area contributed by atoms with Crippen molar-refractivity contribution in [2.75, 3.05) is 54.1 Å². The average molecular weight is 377 g/mol. The highest BCUT2D eigenvalue weighted by Gasteiger charge is 2.47. The van der Waals surface area contributed by atoms with Gasteiger partial charge < -0.3 is 19.1 Å². The van der Waals surface area contributed by atoms with Gasteiger partial charge in [0.15, 0.2) is 0 Å². The van der Waals surface area contributed by atoms with Gasteiger partial charge in [0.1, 0.15) is 6.61 Å². The molecule has 0 saturated carbocycles. The predicted octanol–water partition coefficient (Wildman–Crippen LogP) is 1.57. The Kier molecular flexibility index (Phi) is 6.68. The van der Waals surface area contributed by atoms with Crippen LogP contribution in [0.2, 0.25) is 0 Å². The second-order valence-electron chi connectivity index (χ2n) is 7.84. The van der Waals surface area contributed by atoms with Crippen LogP contribution in [-0.4, -0.2) is 80.4 Å². The quantitative estimate of drug-likeness (QED) is 0.641. The van der Waals surface area contributed by atoms with Gasteiger partial charge in [-0.2, -0.15) is 0 Å². The molecule has 7 nitrogen and oxygen atoms in total. The minimum Gasteiger partial charge on any atom is -0.481 e. The molecule has 2 aliphatic rings. The molecule has 7 heteroatoms. The fourth-order valence-corrected chi connectivity index (χ4v) is 3.98. The molecule has 1 aromatic heterocycles. The summed E-state index contributed by atoms with van der Waals surface area (Å²) < 4.78 is 17.0. The van der Waals surface area contributed by atoms with Gasteiger partial charge in [0.05, 0.1) is 12.7 Å². The summed E-state index contributed by atoms with van der Waals surface area (Å²) in [5, 5.41) is 0. The van der Waals surface area contributed by atoms with Gasteiger partial charge in [0.25, 0.3) is 0 Å². The van der Waals surface area contributed by atoms with Gasteiger partial charge in [-0.05, 0) is 31.2 Å². The van der Waals surface area contributed by atoms with Crippen molar-refractivity contribution in [3.05, 3.63) is 23.9 Å². The van der Waals surface area contributed by atoms with E-state index in [0.29, 0.717) is 18.4 Å². The number of likely N-dealkylation sites (N-methyl/N-ethyl adjacent to an activating group) is 1. The number of likely N-dealkylation sites (tertiary alicyclic amines) is 1. The lowest BCUT2D eigenvalue weighted by Crippen LogP contribution is -2.64. The van der Waals surface area contributed by atoms with Crippen molar-refractivity contribution >= 4 is 5.91 Å². The second kappa shape index (κ2) is 8.99. The van der Waals surface area contributed by atoms with E-state index < -0.39 is 0 Å². The van der Waals surface area contributed by atoms with Crippen molar-refractivity contribution in [2.45, 2.75) is 31.4 Å². The van der Waals surface area contributed by atoms with E-state index in [9.17, 15) is 4.79 Å². The number of carbonyl (C=O) groups excluding carboxylic acids is 1. The van der Waals surface area contributed by atoms with Crippen LogP contribution >= 0.6 is 0 Å². The number of pyridine rings is 1. The highest BCUT2D eigenvalue weighted by Crippen LogP contribution is 2.39. The predicted molar refractivity (Wildman–Crippen MR) is 102 cm³/mol. The van der Waals surface area contributed by atoms with Crippen LogP contribution < -0.4 is 4.74 Å². The van der Waals surface area contributed by atoms with Crippen molar-refractivity contribution in [3.63, 3.8) is 0 Å². The lowest BCUT2D eigenvalue weighted by atomic mass is 9.79. The molecular weight excluding hydrogens is 346 g/mol. The zero-order valence-corrected chi connectivity index (χ0v) is 16.6. The number of rotatable bonds is 8. The highest BCUT2D eigenvalue weighted by atomic mass is 16.5. The number of amides is 1. The molecule has 27 heavy (non-hydrogen) atoms. The first kappa shape index (κ1) is 20.0. The number of methoxy groups -OCH3 is 1. The molecule has 2 aliphatic heterocycles. The average Bonchev–Trinajstić information content (AvgIpc) is 2.64. The third-order valence-corrected chi connectivity index (χ3v) is 5.45. The van der Waals surface area contributed by atoms with Crippen LogP contribution in [-0.2, 0) is 20.8 Å². The molecule has 0 aliphatic carbocycles. The van der Waals surface area contributed by atoms with Gasteiger partial charge >= 0.3 is 0 Å². The van der Waals surface area contributed by atoms with Crippen LogP contribution in [0.4, 0.5) is 0 Å². The Labute approximate surface area is 161 Å². The van der Waals surface area contributed by atoms with Gasteiger partial charge in [-0.3, -0.25) is 9.69 Å². The molecule has 2 saturated heterocycles. The number of hydrogen-bond acceptors (Lipinski definition) is 6. The second-order valence-corrected chi connectivity index (χ2v) is 7.84. The molecule has 0 radical (unpaired) electrons. The van der Waals surface area contributed by atoms with E-state index in [1.807, 2.05) is 6.07 Å². The van der Waals surface area contributed by atoms with Gasteiger partial charge in [0.2, 0.25) is 11.8 Å². The van der Waals surface area contributed by atoms with Crippen LogP contribution in [0.1, 0.15) is 24.8 Å². The van der Waals surface area contributed by atoms with E-state index in [1.54, 1.807) is 32.3 Å². The molecule has 2 fully saturated rings. The summed E-state index contributed by atoms with van der Waals surface area (Å²) in [6, 6.07) is 4.01. The minimum atomic E-state index is -0.0161. The van der Waals surface area contributed by atoms with Crippen LogP contribution in [0.15, 0.2) is 18.3 Å². The Morgan fingerprint density at radius 3 is 3.00 bits per heavy atom. The Morgan fingerprint density at radius 1 is 1.44 bits per heavy atom. The zero-order valence-electron chi connectivity index (χ0n) is 16.6. The Balaban J connectivity index is 1.41. The van der Waals surface area contributed by atoms with E-state index in [1.165, 1.54) is 0 Å². The monoisotopic (exact) mass is 377 g/mol. The van der Waals surface area contributed by atoms with Crippen LogP contribution in [0.5, 0.6) is 5.88 Å². The van der Waals surface area contributed by atoms with Crippen molar-refractivity contribution in [1.29, 1.82) is 0 Å². The summed E-state index contributed by atoms with van der Waals surface area (Å²) in [6.45, 7) is 4.34. The number of carbonyl (C=O) groups is 1. The summed E-state index contributed by atoms with van der Waals surface area (Å²) in [5.41, 5.74) is 1.10. The molecule has 3 rings (SSSR count). The fourth-order valence-electron chi connectivity index (χ4n) is 3.98. The van der Waals surface area contributed by atoms with E-state index in [-0.39, 0.29) is 18.1 Å². The lowest BCUT2D eigenvalue weighted by molar-refractivity contribution is -0.182. The molecule has 1 atom stereocenters. The Morgan fingerprint density at radius 2 is 2.26 bits per heavy atom. The Hall–Kier alpha value is -1.70. The van der Waals surface area contributed by atoms with E-state index >= 15 is 0 Å². The summed E-state index contributed by atoms with van der Waals surface area (Å²) in [4.78, 5) is 19.8. The van der Waals surface area contributed by atoms with E-state index in [0.717, 1.165) is 51.1 Å². The first-order valence-corrected chi connectivity index (χ1v) is 9.63. The highest BCUT2D eigenvalue weighted by molar-refractivity contribution is 5.76. The third-order valence-electron chi connectivity index (χ3n) is 5.45. The number of ether oxygens (including phenoxy) is 3. The molecule has 3 heterocycles. The van der Waals surface area contributed by atoms with Crippen molar-refractivity contribution in [3.8, 4) is 5.88 Å². The maximum atomic E-state index is 11.5. The topological polar surface area (TPSA) is 64.1 Å². The van der Waals surface area contributed by atoms with Crippen molar-refractivity contribution in [1.82, 2.24) is 14.8 Å². The molecular formula is C20H31N3O4. The molecule has 1 spiro atoms. The smallest absolute Gasteiger partial charge is 0.248 e. The molecule has 0 aromatic carbocycles. The maximum Gasteiger partial charge on any atom is 0.248 e. The van der Waals surface area contributed by atoms with Crippen LogP contribution in [0.3, 0.4) is 0 Å². The molecule has 1 amide bonds. The fraction of sp³-hybridized carbons (Fsp3) is 0.700. The molecule has 150 valence electrons. The Bertz CT molecular complexity index is 631. The largest absolute Gasteiger partial charge is 0.481 e. The standard InChI is InChI=1S/C20H31N3O4/c1-22(2)18(24)13-26-9-6-16-7-10-27-20(11-16)14-23(15-20)12-17-5-4-8-21-19(17)25-3/h4-5,8,16H,6-7,9-15H2,1-3H3/t16-/m0/s1. The molecule has 0 unspecified atom stereocenters. The minimum absolute atomic E-state index is 0.0129. The van der Waals surface area contributed by atoms with E-state index in [2.05, 4.69) is 16.0 Å². The summed E-state index contributed by atoms with van der Waals surface area (Å²) in [5.74, 6) is 1.31. The maximum absolute atomic E-state index is 11.5. The first-order valence-electron chi connectivity index (χ1n) is 9.63. The summed E-state index contributed by atoms with van der Waals surface area (Å²) in [7, 11) is 5.15. The molecule has 1 aromatic rings. The van der Waals surface area contributed by atoms with Gasteiger partial charge in [-0.25, -0.2) is 4.98 Å². The lowest BCUT2D eigenvalue weighted by Gasteiger charge is -2.53. The van der Waals surface area contributed by atoms with Crippen LogP contribution in [0, 0.1) is 5.92 Å². The normalized spacial score (nSPS) is 21.7. The van der Waals surface area contributed by atoms with Crippen molar-refractivity contribution < 1.29 is 19.0 Å². The number of aromatic nitrogens is 1. The van der Waals surface area contributed by atoms with Crippen molar-refractivity contribution in [2.24, 2.45) is 5.92 Å². The zero-order chi connectivity index (χ0) is 19.3. The molecule has 0 N–H and O–H groups in total. The first-order chi connectivity index (χ1) is 13.0. The SMILES string of the molecule is COc1ncccc1CN1CC2(C[C@@H](CCOCC(=O)N(C)C)CCO2)C1. The summed E-state index contributed by atoms with van der Waals surface area (Å²) >= 11 is 0.